The van der Waals surface area contributed by atoms with Crippen LogP contribution in [-0.2, 0) is 4.79 Å². The average Bonchev–Trinajstić information content (AvgIpc) is 2.05. The Bertz CT molecular complexity index is 126. The molecule has 0 fully saturated rings. The molecule has 0 radical (unpaired) electrons. The zero-order valence-electron chi connectivity index (χ0n) is 9.14. The molecule has 1 unspecified atom stereocenters. The fourth-order valence-electron chi connectivity index (χ4n) is 1.37. The standard InChI is InChI=1S/C10H20O2.Na/c1-3-5-6-9(4-2)7-8-10(11)12;/h9H,3-8H2,1-2H3,(H,11,12);/q;+1/p-1. The molecule has 0 heterocycles. The molecular weight excluding hydrogens is 175 g/mol. The first-order chi connectivity index (χ1) is 5.70. The molecule has 0 bridgehead atoms. The largest absolute Gasteiger partial charge is 1.00 e. The second-order valence-electron chi connectivity index (χ2n) is 3.33. The van der Waals surface area contributed by atoms with E-state index in [1.165, 1.54) is 19.3 Å². The van der Waals surface area contributed by atoms with Crippen LogP contribution < -0.4 is 34.7 Å². The summed E-state index contributed by atoms with van der Waals surface area (Å²) in [5, 5.41) is 10.2. The summed E-state index contributed by atoms with van der Waals surface area (Å²) < 4.78 is 0. The van der Waals surface area contributed by atoms with E-state index in [0.717, 1.165) is 12.8 Å². The van der Waals surface area contributed by atoms with Gasteiger partial charge in [-0.2, -0.15) is 0 Å². The van der Waals surface area contributed by atoms with Crippen molar-refractivity contribution in [1.82, 2.24) is 0 Å². The molecular formula is C10H19NaO2. The molecule has 72 valence electrons. The van der Waals surface area contributed by atoms with Crippen LogP contribution >= 0.6 is 0 Å². The van der Waals surface area contributed by atoms with Crippen molar-refractivity contribution in [3.63, 3.8) is 0 Å². The van der Waals surface area contributed by atoms with Crippen LogP contribution in [0.2, 0.25) is 0 Å². The summed E-state index contributed by atoms with van der Waals surface area (Å²) >= 11 is 0. The van der Waals surface area contributed by atoms with Crippen molar-refractivity contribution >= 4 is 5.97 Å². The zero-order valence-corrected chi connectivity index (χ0v) is 11.1. The number of carboxylic acid groups (broad SMARTS) is 1. The molecule has 0 aromatic carbocycles. The molecule has 13 heavy (non-hydrogen) atoms. The first-order valence-electron chi connectivity index (χ1n) is 4.90. The number of unbranched alkanes of at least 4 members (excludes halogenated alkanes) is 1. The first kappa shape index (κ1) is 15.9. The van der Waals surface area contributed by atoms with E-state index in [0.29, 0.717) is 5.92 Å². The van der Waals surface area contributed by atoms with Crippen LogP contribution in [0.1, 0.15) is 52.4 Å². The minimum Gasteiger partial charge on any atom is -0.550 e. The molecule has 0 rings (SSSR count). The van der Waals surface area contributed by atoms with E-state index >= 15 is 0 Å². The summed E-state index contributed by atoms with van der Waals surface area (Å²) in [6.45, 7) is 4.28. The predicted molar refractivity (Wildman–Crippen MR) is 47.5 cm³/mol. The molecule has 0 aliphatic carbocycles. The summed E-state index contributed by atoms with van der Waals surface area (Å²) in [7, 11) is 0. The molecule has 0 aliphatic rings. The Morgan fingerprint density at radius 2 is 1.92 bits per heavy atom. The van der Waals surface area contributed by atoms with E-state index in [2.05, 4.69) is 13.8 Å². The minimum absolute atomic E-state index is 0. The van der Waals surface area contributed by atoms with Gasteiger partial charge in [0.05, 0.1) is 0 Å². The van der Waals surface area contributed by atoms with Gasteiger partial charge in [0.1, 0.15) is 0 Å². The fourth-order valence-corrected chi connectivity index (χ4v) is 1.37. The van der Waals surface area contributed by atoms with Gasteiger partial charge in [0.25, 0.3) is 0 Å². The quantitative estimate of drug-likeness (QED) is 0.474. The van der Waals surface area contributed by atoms with Crippen LogP contribution in [0.5, 0.6) is 0 Å². The van der Waals surface area contributed by atoms with Crippen molar-refractivity contribution < 1.29 is 39.5 Å². The first-order valence-corrected chi connectivity index (χ1v) is 4.90. The van der Waals surface area contributed by atoms with Gasteiger partial charge < -0.3 is 9.90 Å². The SMILES string of the molecule is CCCCC(CC)CCC(=O)[O-].[Na+]. The van der Waals surface area contributed by atoms with Gasteiger partial charge in [-0.1, -0.05) is 39.5 Å². The third-order valence-corrected chi connectivity index (χ3v) is 2.30. The molecule has 0 N–H and O–H groups in total. The van der Waals surface area contributed by atoms with E-state index < -0.39 is 5.97 Å². The second-order valence-corrected chi connectivity index (χ2v) is 3.33. The number of carbonyl (C=O) groups is 1. The summed E-state index contributed by atoms with van der Waals surface area (Å²) in [4.78, 5) is 10.2. The summed E-state index contributed by atoms with van der Waals surface area (Å²) in [5.74, 6) is -0.326. The van der Waals surface area contributed by atoms with Gasteiger partial charge in [0, 0.05) is 5.97 Å². The van der Waals surface area contributed by atoms with E-state index in [1.54, 1.807) is 0 Å². The molecule has 0 aromatic heterocycles. The molecule has 0 saturated heterocycles. The Labute approximate surface area is 103 Å². The van der Waals surface area contributed by atoms with E-state index in [-0.39, 0.29) is 36.0 Å². The van der Waals surface area contributed by atoms with Gasteiger partial charge in [0.2, 0.25) is 0 Å². The second kappa shape index (κ2) is 10.6. The van der Waals surface area contributed by atoms with Crippen molar-refractivity contribution in [3.8, 4) is 0 Å². The van der Waals surface area contributed by atoms with Crippen LogP contribution in [0, 0.1) is 5.92 Å². The maximum atomic E-state index is 10.2. The summed E-state index contributed by atoms with van der Waals surface area (Å²) in [5.41, 5.74) is 0. The van der Waals surface area contributed by atoms with Gasteiger partial charge in [-0.25, -0.2) is 0 Å². The molecule has 0 amide bonds. The number of rotatable bonds is 7. The third kappa shape index (κ3) is 10.4. The fraction of sp³-hybridized carbons (Fsp3) is 0.900. The predicted octanol–water partition coefficient (Wildman–Crippen LogP) is -1.26. The van der Waals surface area contributed by atoms with Crippen molar-refractivity contribution in [2.75, 3.05) is 0 Å². The van der Waals surface area contributed by atoms with E-state index in [1.807, 2.05) is 0 Å². The third-order valence-electron chi connectivity index (χ3n) is 2.30. The maximum Gasteiger partial charge on any atom is 1.00 e. The Kier molecular flexibility index (Phi) is 12.9. The van der Waals surface area contributed by atoms with Crippen molar-refractivity contribution in [1.29, 1.82) is 0 Å². The molecule has 0 aliphatic heterocycles. The van der Waals surface area contributed by atoms with Gasteiger partial charge >= 0.3 is 29.6 Å². The van der Waals surface area contributed by atoms with Crippen molar-refractivity contribution in [2.24, 2.45) is 5.92 Å². The Balaban J connectivity index is 0. The van der Waals surface area contributed by atoms with Crippen LogP contribution in [0.4, 0.5) is 0 Å². The Morgan fingerprint density at radius 1 is 1.31 bits per heavy atom. The molecule has 3 heteroatoms. The number of carbonyl (C=O) groups excluding carboxylic acids is 1. The number of carboxylic acids is 1. The summed E-state index contributed by atoms with van der Waals surface area (Å²) in [6.07, 6.45) is 5.68. The average molecular weight is 194 g/mol. The van der Waals surface area contributed by atoms with Crippen molar-refractivity contribution in [3.05, 3.63) is 0 Å². The summed E-state index contributed by atoms with van der Waals surface area (Å²) in [6, 6.07) is 0. The Morgan fingerprint density at radius 3 is 2.31 bits per heavy atom. The van der Waals surface area contributed by atoms with Crippen LogP contribution in [-0.4, -0.2) is 5.97 Å². The van der Waals surface area contributed by atoms with E-state index in [4.69, 9.17) is 0 Å². The Hall–Kier alpha value is 0.470. The topological polar surface area (TPSA) is 40.1 Å². The molecule has 0 spiro atoms. The van der Waals surface area contributed by atoms with Gasteiger partial charge in [-0.05, 0) is 18.8 Å². The van der Waals surface area contributed by atoms with Crippen molar-refractivity contribution in [2.45, 2.75) is 52.4 Å². The minimum atomic E-state index is -0.912. The van der Waals surface area contributed by atoms with Gasteiger partial charge in [-0.15, -0.1) is 0 Å². The zero-order chi connectivity index (χ0) is 9.40. The van der Waals surface area contributed by atoms with Gasteiger partial charge in [0.15, 0.2) is 0 Å². The van der Waals surface area contributed by atoms with Crippen LogP contribution in [0.15, 0.2) is 0 Å². The molecule has 0 saturated carbocycles. The van der Waals surface area contributed by atoms with Crippen LogP contribution in [0.3, 0.4) is 0 Å². The normalized spacial score (nSPS) is 11.8. The van der Waals surface area contributed by atoms with Crippen LogP contribution in [0.25, 0.3) is 0 Å². The maximum absolute atomic E-state index is 10.2. The van der Waals surface area contributed by atoms with E-state index in [9.17, 15) is 9.90 Å². The molecule has 1 atom stereocenters. The molecule has 0 aromatic rings. The number of hydrogen-bond acceptors (Lipinski definition) is 2. The van der Waals surface area contributed by atoms with Gasteiger partial charge in [-0.3, -0.25) is 0 Å². The number of hydrogen-bond donors (Lipinski definition) is 0. The smallest absolute Gasteiger partial charge is 0.550 e. The monoisotopic (exact) mass is 194 g/mol. The number of aliphatic carboxylic acids is 1. The molecule has 2 nitrogen and oxygen atoms in total.